The Bertz CT molecular complexity index is 266. The third-order valence-corrected chi connectivity index (χ3v) is 1.42. The summed E-state index contributed by atoms with van der Waals surface area (Å²) in [5.74, 6) is 0. The van der Waals surface area contributed by atoms with E-state index >= 15 is 0 Å². The molecule has 0 saturated heterocycles. The largest absolute Gasteiger partial charge is 1.00 e. The molecule has 0 heterocycles. The summed E-state index contributed by atoms with van der Waals surface area (Å²) in [6.07, 6.45) is 1.60. The van der Waals surface area contributed by atoms with Gasteiger partial charge in [-0.05, 0) is 5.56 Å². The minimum Gasteiger partial charge on any atom is -0.889 e. The molecule has 0 unspecified atom stereocenters. The molecule has 2 nitrogen and oxygen atoms in total. The van der Waals surface area contributed by atoms with E-state index in [0.717, 1.165) is 5.56 Å². The van der Waals surface area contributed by atoms with Crippen LogP contribution in [0.1, 0.15) is 5.56 Å². The van der Waals surface area contributed by atoms with Crippen molar-refractivity contribution in [2.45, 2.75) is 0 Å². The fraction of sp³-hybridized carbons (Fsp3) is 0. The molecule has 1 aromatic carbocycles. The molecule has 0 aliphatic rings. The van der Waals surface area contributed by atoms with Crippen molar-refractivity contribution in [2.75, 3.05) is 0 Å². The van der Waals surface area contributed by atoms with Gasteiger partial charge in [0.2, 0.25) is 0 Å². The molecule has 1 rings (SSSR count). The second-order valence-electron chi connectivity index (χ2n) is 2.21. The predicted molar refractivity (Wildman–Crippen MR) is 41.9 cm³/mol. The average molecular weight is 224 g/mol. The van der Waals surface area contributed by atoms with E-state index in [0.29, 0.717) is 0 Å². The molecule has 0 saturated carbocycles. The molecule has 0 N–H and O–H groups in total. The van der Waals surface area contributed by atoms with Gasteiger partial charge in [0, 0.05) is 0 Å². The first-order chi connectivity index (χ1) is 5.24. The van der Waals surface area contributed by atoms with Crippen molar-refractivity contribution in [1.82, 2.24) is 0 Å². The number of benzene rings is 1. The Hall–Kier alpha value is 2.22. The Morgan fingerprint density at radius 1 is 1.23 bits per heavy atom. The van der Waals surface area contributed by atoms with Gasteiger partial charge in [-0.25, -0.2) is 0 Å². The second kappa shape index (κ2) is 9.44. The topological polar surface area (TPSA) is 46.1 Å². The van der Waals surface area contributed by atoms with Gasteiger partial charge in [-0.3, -0.25) is 0 Å². The van der Waals surface area contributed by atoms with E-state index in [9.17, 15) is 10.0 Å². The van der Waals surface area contributed by atoms with E-state index in [1.807, 2.05) is 0 Å². The summed E-state index contributed by atoms with van der Waals surface area (Å²) in [5.41, 5.74) is 1.07. The van der Waals surface area contributed by atoms with E-state index in [1.165, 1.54) is 6.07 Å². The maximum atomic E-state index is 10.4. The SMILES string of the molecule is C=Cc1cccc(B([O-])[O-])c1.[K+].[K+]. The van der Waals surface area contributed by atoms with Gasteiger partial charge in [0.05, 0.1) is 0 Å². The van der Waals surface area contributed by atoms with Crippen LogP contribution in [-0.2, 0) is 0 Å². The van der Waals surface area contributed by atoms with E-state index in [1.54, 1.807) is 24.3 Å². The summed E-state index contributed by atoms with van der Waals surface area (Å²) in [6, 6.07) is 6.54. The van der Waals surface area contributed by atoms with Crippen molar-refractivity contribution in [1.29, 1.82) is 0 Å². The van der Waals surface area contributed by atoms with Crippen LogP contribution in [0.15, 0.2) is 30.8 Å². The normalized spacial score (nSPS) is 7.85. The van der Waals surface area contributed by atoms with Crippen LogP contribution in [-0.4, -0.2) is 7.12 Å². The molecular weight excluding hydrogens is 217 g/mol. The first-order valence-electron chi connectivity index (χ1n) is 3.28. The second-order valence-corrected chi connectivity index (χ2v) is 2.21. The number of rotatable bonds is 2. The summed E-state index contributed by atoms with van der Waals surface area (Å²) < 4.78 is 0. The van der Waals surface area contributed by atoms with E-state index in [2.05, 4.69) is 6.58 Å². The van der Waals surface area contributed by atoms with Crippen LogP contribution in [0.25, 0.3) is 6.08 Å². The van der Waals surface area contributed by atoms with E-state index < -0.39 is 7.12 Å². The van der Waals surface area contributed by atoms with Crippen LogP contribution >= 0.6 is 0 Å². The van der Waals surface area contributed by atoms with Crippen LogP contribution in [0.4, 0.5) is 0 Å². The standard InChI is InChI=1S/C8H7BO2.2K/c1-2-7-4-3-5-8(6-7)9(10)11;;/h2-6H,1H2;;/q-2;2*+1. The van der Waals surface area contributed by atoms with E-state index in [-0.39, 0.29) is 108 Å². The van der Waals surface area contributed by atoms with Crippen LogP contribution < -0.4 is 118 Å². The van der Waals surface area contributed by atoms with Crippen molar-refractivity contribution in [3.63, 3.8) is 0 Å². The van der Waals surface area contributed by atoms with Gasteiger partial charge in [0.25, 0.3) is 0 Å². The van der Waals surface area contributed by atoms with Gasteiger partial charge < -0.3 is 10.0 Å². The van der Waals surface area contributed by atoms with Gasteiger partial charge in [0.15, 0.2) is 0 Å². The Labute approximate surface area is 164 Å². The molecule has 0 aromatic heterocycles. The molecule has 0 aliphatic heterocycles. The minimum atomic E-state index is -1.89. The molecule has 0 radical (unpaired) electrons. The fourth-order valence-electron chi connectivity index (χ4n) is 0.833. The molecule has 56 valence electrons. The van der Waals surface area contributed by atoms with E-state index in [4.69, 9.17) is 0 Å². The summed E-state index contributed by atoms with van der Waals surface area (Å²) in [7, 11) is -1.89. The van der Waals surface area contributed by atoms with Crippen molar-refractivity contribution < 1.29 is 113 Å². The maximum Gasteiger partial charge on any atom is 1.00 e. The van der Waals surface area contributed by atoms with Crippen LogP contribution in [0.5, 0.6) is 0 Å². The van der Waals surface area contributed by atoms with Crippen molar-refractivity contribution >= 4 is 18.7 Å². The zero-order chi connectivity index (χ0) is 8.27. The summed E-state index contributed by atoms with van der Waals surface area (Å²) in [5, 5.41) is 20.8. The Morgan fingerprint density at radius 3 is 2.31 bits per heavy atom. The molecule has 0 aliphatic carbocycles. The predicted octanol–water partition coefficient (Wildman–Crippen LogP) is -7.25. The number of hydrogen-bond donors (Lipinski definition) is 0. The van der Waals surface area contributed by atoms with Crippen molar-refractivity contribution in [3.8, 4) is 0 Å². The Kier molecular flexibility index (Phi) is 12.8. The third kappa shape index (κ3) is 6.39. The van der Waals surface area contributed by atoms with Crippen molar-refractivity contribution in [2.24, 2.45) is 0 Å². The molecule has 0 spiro atoms. The molecule has 1 aromatic rings. The van der Waals surface area contributed by atoms with Gasteiger partial charge in [-0.2, -0.15) is 0 Å². The fourth-order valence-corrected chi connectivity index (χ4v) is 0.833. The quantitative estimate of drug-likeness (QED) is 0.469. The van der Waals surface area contributed by atoms with Gasteiger partial charge in [0.1, 0.15) is 0 Å². The average Bonchev–Trinajstić information content (AvgIpc) is 2.05. The van der Waals surface area contributed by atoms with Crippen LogP contribution in [0.3, 0.4) is 0 Å². The molecule has 0 bridgehead atoms. The Morgan fingerprint density at radius 2 is 1.85 bits per heavy atom. The monoisotopic (exact) mass is 224 g/mol. The van der Waals surface area contributed by atoms with Gasteiger partial charge in [-0.1, -0.05) is 44.0 Å². The maximum absolute atomic E-state index is 10.4. The molecule has 0 amide bonds. The summed E-state index contributed by atoms with van der Waals surface area (Å²) >= 11 is 0. The minimum absolute atomic E-state index is 0. The Balaban J connectivity index is 0. The van der Waals surface area contributed by atoms with Gasteiger partial charge >= 0.3 is 103 Å². The molecule has 0 fully saturated rings. The smallest absolute Gasteiger partial charge is 0.889 e. The first-order valence-corrected chi connectivity index (χ1v) is 3.28. The first kappa shape index (κ1) is 17.6. The molecule has 5 heteroatoms. The molecule has 0 atom stereocenters. The van der Waals surface area contributed by atoms with Gasteiger partial charge in [-0.15, -0.1) is 5.46 Å². The summed E-state index contributed by atoms with van der Waals surface area (Å²) in [6.45, 7) is 3.53. The third-order valence-electron chi connectivity index (χ3n) is 1.42. The zero-order valence-electron chi connectivity index (χ0n) is 7.99. The van der Waals surface area contributed by atoms with Crippen LogP contribution in [0.2, 0.25) is 0 Å². The molecule has 13 heavy (non-hydrogen) atoms. The van der Waals surface area contributed by atoms with Crippen molar-refractivity contribution in [3.05, 3.63) is 36.4 Å². The van der Waals surface area contributed by atoms with Crippen LogP contribution in [0, 0.1) is 0 Å². The summed E-state index contributed by atoms with van der Waals surface area (Å²) in [4.78, 5) is 0. The molecular formula is C8H7BK2O2. The zero-order valence-corrected chi connectivity index (χ0v) is 14.2. The number of hydrogen-bond acceptors (Lipinski definition) is 2.